The van der Waals surface area contributed by atoms with Crippen molar-refractivity contribution in [3.8, 4) is 0 Å². The number of rotatable bonds is 27. The fraction of sp³-hybridized carbons (Fsp3) is 0.615. The van der Waals surface area contributed by atoms with Gasteiger partial charge >= 0.3 is 5.97 Å². The van der Waals surface area contributed by atoms with E-state index in [0.29, 0.717) is 24.8 Å². The summed E-state index contributed by atoms with van der Waals surface area (Å²) in [4.78, 5) is 29.0. The molecule has 0 fully saturated rings. The van der Waals surface area contributed by atoms with Crippen LogP contribution in [0.25, 0.3) is 0 Å². The van der Waals surface area contributed by atoms with Crippen LogP contribution in [0.15, 0.2) is 94.6 Å². The number of Topliss-reactive ketones (excluding diaryl/α,β-unsaturated/α-hetero) is 1. The molecule has 11 heteroatoms. The molecule has 0 unspecified atom stereocenters. The molecule has 0 saturated carbocycles. The van der Waals surface area contributed by atoms with E-state index in [0.717, 1.165) is 34.9 Å². The molecule has 7 nitrogen and oxygen atoms in total. The summed E-state index contributed by atoms with van der Waals surface area (Å²) in [5.41, 5.74) is 1.70. The van der Waals surface area contributed by atoms with Gasteiger partial charge in [0.25, 0.3) is 8.32 Å². The van der Waals surface area contributed by atoms with Gasteiger partial charge in [0.2, 0.25) is 0 Å². The first-order valence-corrected chi connectivity index (χ1v) is 32.0. The number of halogens is 1. The molecule has 2 aromatic rings. The monoisotopic (exact) mass is 1030 g/mol. The summed E-state index contributed by atoms with van der Waals surface area (Å²) >= 11 is 2.24. The van der Waals surface area contributed by atoms with Gasteiger partial charge in [0.1, 0.15) is 12.2 Å². The minimum absolute atomic E-state index is 0.0285. The average molecular weight is 1030 g/mol. The van der Waals surface area contributed by atoms with E-state index < -0.39 is 55.3 Å². The summed E-state index contributed by atoms with van der Waals surface area (Å²) in [5.74, 6) is -0.712. The van der Waals surface area contributed by atoms with Crippen LogP contribution in [-0.2, 0) is 27.6 Å². The van der Waals surface area contributed by atoms with Crippen LogP contribution < -0.4 is 10.4 Å². The van der Waals surface area contributed by atoms with Crippen LogP contribution in [0, 0.1) is 11.8 Å². The summed E-state index contributed by atoms with van der Waals surface area (Å²) in [5, 5.41) is 13.3. The molecule has 0 amide bonds. The molecule has 0 aliphatic heterocycles. The fourth-order valence-corrected chi connectivity index (χ4v) is 17.5. The van der Waals surface area contributed by atoms with E-state index in [1.165, 1.54) is 5.57 Å². The number of esters is 1. The molecule has 2 aromatic carbocycles. The summed E-state index contributed by atoms with van der Waals surface area (Å²) in [6, 6.07) is 23.5. The average Bonchev–Trinajstić information content (AvgIpc) is 3.23. The number of benzene rings is 2. The Kier molecular flexibility index (Phi) is 23.4. The maximum Gasteiger partial charge on any atom is 0.333 e. The highest BCUT2D eigenvalue weighted by atomic mass is 127. The van der Waals surface area contributed by atoms with Gasteiger partial charge < -0.3 is 23.1 Å². The molecule has 6 atom stereocenters. The SMILES string of the molecule is C=CCC/C=C(\C)C(=O)O[C@@H](CO[Si](c1ccccc1)(c1ccccc1)C(C)(C)C)C[C@@H](C)[C@H](O[Si](C)(C)C(C)(C)C)[C@@H](O[Si](CC)(CC)CC)C(=O)C[C@@H](O)C[C@H](C)/C(C)=C/I. The van der Waals surface area contributed by atoms with Crippen molar-refractivity contribution in [3.05, 3.63) is 94.6 Å². The van der Waals surface area contributed by atoms with E-state index in [1.54, 1.807) is 6.92 Å². The fourth-order valence-electron chi connectivity index (χ4n) is 8.14. The highest BCUT2D eigenvalue weighted by molar-refractivity contribution is 14.1. The van der Waals surface area contributed by atoms with Gasteiger partial charge in [-0.15, -0.1) is 6.58 Å². The van der Waals surface area contributed by atoms with E-state index in [4.69, 9.17) is 18.0 Å². The Morgan fingerprint density at radius 2 is 1.33 bits per heavy atom. The van der Waals surface area contributed by atoms with Gasteiger partial charge in [-0.05, 0) is 107 Å². The van der Waals surface area contributed by atoms with E-state index in [1.807, 2.05) is 28.4 Å². The van der Waals surface area contributed by atoms with Crippen LogP contribution in [0.2, 0.25) is 41.3 Å². The van der Waals surface area contributed by atoms with E-state index in [-0.39, 0.29) is 40.7 Å². The number of ketones is 1. The molecule has 0 heterocycles. The van der Waals surface area contributed by atoms with Crippen molar-refractivity contribution in [1.82, 2.24) is 0 Å². The predicted octanol–water partition coefficient (Wildman–Crippen LogP) is 12.9. The Bertz CT molecular complexity index is 1720. The van der Waals surface area contributed by atoms with Crippen molar-refractivity contribution >= 4 is 69.7 Å². The van der Waals surface area contributed by atoms with Crippen LogP contribution in [0.5, 0.6) is 0 Å². The second-order valence-electron chi connectivity index (χ2n) is 20.4. The third-order valence-electron chi connectivity index (χ3n) is 13.7. The molecule has 0 spiro atoms. The predicted molar refractivity (Wildman–Crippen MR) is 282 cm³/mol. The number of hydrogen-bond acceptors (Lipinski definition) is 7. The van der Waals surface area contributed by atoms with Crippen molar-refractivity contribution in [2.75, 3.05) is 6.61 Å². The van der Waals surface area contributed by atoms with E-state index >= 15 is 0 Å². The van der Waals surface area contributed by atoms with Gasteiger partial charge in [0.05, 0.1) is 18.8 Å². The van der Waals surface area contributed by atoms with Gasteiger partial charge in [-0.1, -0.05) is 177 Å². The molecule has 354 valence electrons. The highest BCUT2D eigenvalue weighted by Gasteiger charge is 2.51. The molecular weight excluding hydrogens is 948 g/mol. The van der Waals surface area contributed by atoms with Crippen LogP contribution >= 0.6 is 22.6 Å². The lowest BCUT2D eigenvalue weighted by Crippen LogP contribution is -2.67. The molecule has 0 saturated heterocycles. The summed E-state index contributed by atoms with van der Waals surface area (Å²) < 4.78 is 30.8. The number of carbonyl (C=O) groups excluding carboxylic acids is 2. The largest absolute Gasteiger partial charge is 0.457 e. The van der Waals surface area contributed by atoms with Crippen LogP contribution in [0.4, 0.5) is 0 Å². The lowest BCUT2D eigenvalue weighted by Gasteiger charge is -2.46. The highest BCUT2D eigenvalue weighted by Crippen LogP contribution is 2.41. The summed E-state index contributed by atoms with van der Waals surface area (Å²) in [6.45, 7) is 36.4. The first-order chi connectivity index (χ1) is 29.4. The Morgan fingerprint density at radius 3 is 1.78 bits per heavy atom. The van der Waals surface area contributed by atoms with E-state index in [9.17, 15) is 14.7 Å². The molecule has 1 N–H and O–H groups in total. The second kappa shape index (κ2) is 25.8. The molecule has 0 aromatic heterocycles. The number of carbonyl (C=O) groups is 2. The molecule has 2 rings (SSSR count). The van der Waals surface area contributed by atoms with Gasteiger partial charge in [-0.2, -0.15) is 0 Å². The first-order valence-electron chi connectivity index (χ1n) is 23.5. The number of aliphatic hydroxyl groups excluding tert-OH is 1. The van der Waals surface area contributed by atoms with E-state index in [2.05, 4.69) is 174 Å². The zero-order valence-electron chi connectivity index (χ0n) is 41.8. The third-order valence-corrected chi connectivity index (χ3v) is 28.8. The molecule has 0 radical (unpaired) electrons. The van der Waals surface area contributed by atoms with Gasteiger partial charge in [-0.25, -0.2) is 4.79 Å². The van der Waals surface area contributed by atoms with Crippen molar-refractivity contribution in [2.24, 2.45) is 11.8 Å². The number of ether oxygens (including phenoxy) is 1. The quantitative estimate of drug-likeness (QED) is 0.0238. The minimum atomic E-state index is -3.03. The lowest BCUT2D eigenvalue weighted by molar-refractivity contribution is -0.148. The number of hydrogen-bond donors (Lipinski definition) is 1. The number of allylic oxidation sites excluding steroid dienone is 3. The second-order valence-corrected chi connectivity index (χ2v) is 34.8. The standard InChI is InChI=1S/C52H85IO7Si3/c1-17-21-24-29-39(5)50(56)58-44(38-57-63(52(12,13)14,45-30-25-22-26-31-45)46-32-27-23-28-33-46)35-41(7)48(59-61(15,16)51(9,10)11)49(60-62(18-2,19-3)20-4)47(55)36-43(54)34-40(6)42(8)37-53/h17,22-23,25-33,37,40-41,43-44,48-49,54H,1,18-21,24,34-36,38H2,2-16H3/b39-29+,42-37+/t40-,41+,43-,44+,48-,49-/m0/s1. The van der Waals surface area contributed by atoms with Gasteiger partial charge in [0, 0.05) is 12.0 Å². The third kappa shape index (κ3) is 16.1. The number of aliphatic hydroxyl groups is 1. The first kappa shape index (κ1) is 57.1. The summed E-state index contributed by atoms with van der Waals surface area (Å²) in [7, 11) is -7.99. The maximum absolute atomic E-state index is 15.0. The Labute approximate surface area is 400 Å². The van der Waals surface area contributed by atoms with Crippen LogP contribution in [-0.4, -0.2) is 72.8 Å². The summed E-state index contributed by atoms with van der Waals surface area (Å²) in [6.07, 6.45) is 2.93. The van der Waals surface area contributed by atoms with Gasteiger partial charge in [-0.3, -0.25) is 4.79 Å². The Morgan fingerprint density at radius 1 is 0.810 bits per heavy atom. The zero-order chi connectivity index (χ0) is 47.8. The smallest absolute Gasteiger partial charge is 0.333 e. The molecule has 63 heavy (non-hydrogen) atoms. The van der Waals surface area contributed by atoms with Crippen molar-refractivity contribution in [1.29, 1.82) is 0 Å². The number of unbranched alkanes of at least 4 members (excludes halogenated alkanes) is 1. The zero-order valence-corrected chi connectivity index (χ0v) is 47.0. The molecule has 0 aliphatic carbocycles. The van der Waals surface area contributed by atoms with Crippen LogP contribution in [0.1, 0.15) is 122 Å². The molecule has 0 bridgehead atoms. The normalized spacial score (nSPS) is 16.5. The maximum atomic E-state index is 15.0. The topological polar surface area (TPSA) is 91.3 Å². The Balaban J connectivity index is 2.87. The van der Waals surface area contributed by atoms with Gasteiger partial charge in [0.15, 0.2) is 22.4 Å². The van der Waals surface area contributed by atoms with Crippen LogP contribution in [0.3, 0.4) is 0 Å². The molecular formula is C52H85IO7Si3. The van der Waals surface area contributed by atoms with Crippen molar-refractivity contribution in [2.45, 2.75) is 188 Å². The lowest BCUT2D eigenvalue weighted by atomic mass is 9.89. The Hall–Kier alpha value is -1.98. The van der Waals surface area contributed by atoms with Crippen molar-refractivity contribution in [3.63, 3.8) is 0 Å². The molecule has 0 aliphatic rings. The van der Waals surface area contributed by atoms with Crippen molar-refractivity contribution < 1.29 is 32.7 Å². The minimum Gasteiger partial charge on any atom is -0.457 e.